The summed E-state index contributed by atoms with van der Waals surface area (Å²) in [6.07, 6.45) is 4.56. The SMILES string of the molecule is Cc1cc(C)c(NC(=O)CNC(=O)C2CCN(C(=O)C=Cc3ccccc3)CC2)c(C)c1. The molecule has 6 nitrogen and oxygen atoms in total. The first-order valence-corrected chi connectivity index (χ1v) is 11.0. The Bertz CT molecular complexity index is 983. The van der Waals surface area contributed by atoms with Crippen molar-refractivity contribution in [2.75, 3.05) is 25.0 Å². The molecule has 1 fully saturated rings. The standard InChI is InChI=1S/C26H31N3O3/c1-18-15-19(2)25(20(3)16-18)28-23(30)17-27-26(32)22-11-13-29(14-12-22)24(31)10-9-21-7-5-4-6-8-21/h4-10,15-16,22H,11-14,17H2,1-3H3,(H,27,32)(H,28,30). The summed E-state index contributed by atoms with van der Waals surface area (Å²) in [5.74, 6) is -0.611. The van der Waals surface area contributed by atoms with Crippen LogP contribution < -0.4 is 10.6 Å². The topological polar surface area (TPSA) is 78.5 Å². The Morgan fingerprint density at radius 2 is 1.62 bits per heavy atom. The molecule has 1 heterocycles. The molecule has 0 atom stereocenters. The average Bonchev–Trinajstić information content (AvgIpc) is 2.79. The summed E-state index contributed by atoms with van der Waals surface area (Å²) in [5, 5.41) is 5.64. The number of aryl methyl sites for hydroxylation is 3. The predicted octanol–water partition coefficient (Wildman–Crippen LogP) is 3.62. The second-order valence-electron chi connectivity index (χ2n) is 8.38. The van der Waals surface area contributed by atoms with E-state index in [0.717, 1.165) is 27.9 Å². The van der Waals surface area contributed by atoms with Crippen molar-refractivity contribution >= 4 is 29.5 Å². The van der Waals surface area contributed by atoms with E-state index in [0.29, 0.717) is 25.9 Å². The normalized spacial score (nSPS) is 14.4. The molecule has 0 aliphatic carbocycles. The number of amides is 3. The van der Waals surface area contributed by atoms with Gasteiger partial charge in [0, 0.05) is 30.8 Å². The molecule has 0 saturated carbocycles. The van der Waals surface area contributed by atoms with Crippen LogP contribution in [0, 0.1) is 26.7 Å². The number of nitrogens with zero attached hydrogens (tertiary/aromatic N) is 1. The zero-order chi connectivity index (χ0) is 23.1. The number of nitrogens with one attached hydrogen (secondary N) is 2. The minimum Gasteiger partial charge on any atom is -0.347 e. The van der Waals surface area contributed by atoms with Crippen molar-refractivity contribution in [2.45, 2.75) is 33.6 Å². The minimum absolute atomic E-state index is 0.0454. The molecule has 3 rings (SSSR count). The van der Waals surface area contributed by atoms with Gasteiger partial charge < -0.3 is 15.5 Å². The molecule has 32 heavy (non-hydrogen) atoms. The summed E-state index contributed by atoms with van der Waals surface area (Å²) in [4.78, 5) is 39.0. The third-order valence-corrected chi connectivity index (χ3v) is 5.76. The highest BCUT2D eigenvalue weighted by molar-refractivity contribution is 5.96. The van der Waals surface area contributed by atoms with E-state index in [1.54, 1.807) is 17.1 Å². The molecule has 2 N–H and O–H groups in total. The van der Waals surface area contributed by atoms with Crippen LogP contribution in [-0.2, 0) is 14.4 Å². The van der Waals surface area contributed by atoms with Crippen molar-refractivity contribution in [1.82, 2.24) is 10.2 Å². The number of carbonyl (C=O) groups is 3. The Hall–Kier alpha value is -3.41. The van der Waals surface area contributed by atoms with E-state index >= 15 is 0 Å². The molecule has 2 aromatic rings. The maximum absolute atomic E-state index is 12.5. The number of anilines is 1. The van der Waals surface area contributed by atoms with Crippen LogP contribution in [0.1, 0.15) is 35.1 Å². The molecule has 0 bridgehead atoms. The lowest BCUT2D eigenvalue weighted by molar-refractivity contribution is -0.132. The second-order valence-corrected chi connectivity index (χ2v) is 8.38. The molecular formula is C26H31N3O3. The third-order valence-electron chi connectivity index (χ3n) is 5.76. The van der Waals surface area contributed by atoms with Gasteiger partial charge in [0.15, 0.2) is 0 Å². The fourth-order valence-corrected chi connectivity index (χ4v) is 4.07. The van der Waals surface area contributed by atoms with Crippen LogP contribution in [0.3, 0.4) is 0 Å². The molecule has 0 radical (unpaired) electrons. The minimum atomic E-state index is -0.243. The Morgan fingerprint density at radius 3 is 2.25 bits per heavy atom. The van der Waals surface area contributed by atoms with Crippen LogP contribution in [-0.4, -0.2) is 42.3 Å². The molecule has 6 heteroatoms. The summed E-state index contributed by atoms with van der Waals surface area (Å²) in [6, 6.07) is 13.7. The van der Waals surface area contributed by atoms with Crippen molar-refractivity contribution in [3.05, 3.63) is 70.8 Å². The lowest BCUT2D eigenvalue weighted by Crippen LogP contribution is -2.44. The van der Waals surface area contributed by atoms with Gasteiger partial charge in [0.2, 0.25) is 17.7 Å². The van der Waals surface area contributed by atoms with Gasteiger partial charge in [0.05, 0.1) is 6.54 Å². The first kappa shape index (κ1) is 23.3. The smallest absolute Gasteiger partial charge is 0.246 e. The molecular weight excluding hydrogens is 402 g/mol. The second kappa shape index (κ2) is 10.8. The van der Waals surface area contributed by atoms with Gasteiger partial charge in [-0.3, -0.25) is 14.4 Å². The molecule has 0 aromatic heterocycles. The maximum atomic E-state index is 12.5. The number of hydrogen-bond acceptors (Lipinski definition) is 3. The summed E-state index contributed by atoms with van der Waals surface area (Å²) in [6.45, 7) is 6.93. The highest BCUT2D eigenvalue weighted by Gasteiger charge is 2.26. The maximum Gasteiger partial charge on any atom is 0.246 e. The van der Waals surface area contributed by atoms with E-state index < -0.39 is 0 Å². The first-order chi connectivity index (χ1) is 15.3. The molecule has 0 unspecified atom stereocenters. The third kappa shape index (κ3) is 6.30. The Balaban J connectivity index is 1.43. The fraction of sp³-hybridized carbons (Fsp3) is 0.346. The van der Waals surface area contributed by atoms with Gasteiger partial charge in [-0.25, -0.2) is 0 Å². The monoisotopic (exact) mass is 433 g/mol. The van der Waals surface area contributed by atoms with Gasteiger partial charge in [0.25, 0.3) is 0 Å². The van der Waals surface area contributed by atoms with Crippen molar-refractivity contribution in [2.24, 2.45) is 5.92 Å². The van der Waals surface area contributed by atoms with Gasteiger partial charge in [0.1, 0.15) is 0 Å². The molecule has 3 amide bonds. The lowest BCUT2D eigenvalue weighted by Gasteiger charge is -2.30. The Kier molecular flexibility index (Phi) is 7.82. The van der Waals surface area contributed by atoms with Gasteiger partial charge >= 0.3 is 0 Å². The van der Waals surface area contributed by atoms with Gasteiger partial charge in [-0.2, -0.15) is 0 Å². The Morgan fingerprint density at radius 1 is 1.00 bits per heavy atom. The number of piperidine rings is 1. The van der Waals surface area contributed by atoms with Gasteiger partial charge in [-0.05, 0) is 56.4 Å². The molecule has 1 aliphatic rings. The van der Waals surface area contributed by atoms with Crippen LogP contribution in [0.5, 0.6) is 0 Å². The number of rotatable bonds is 6. The van der Waals surface area contributed by atoms with Crippen molar-refractivity contribution in [3.63, 3.8) is 0 Å². The molecule has 2 aromatic carbocycles. The number of carbonyl (C=O) groups excluding carboxylic acids is 3. The highest BCUT2D eigenvalue weighted by atomic mass is 16.2. The van der Waals surface area contributed by atoms with Crippen LogP contribution in [0.25, 0.3) is 6.08 Å². The average molecular weight is 434 g/mol. The number of likely N-dealkylation sites (tertiary alicyclic amines) is 1. The van der Waals surface area contributed by atoms with Crippen LogP contribution in [0.15, 0.2) is 48.5 Å². The van der Waals surface area contributed by atoms with E-state index in [1.165, 1.54) is 0 Å². The fourth-order valence-electron chi connectivity index (χ4n) is 4.07. The highest BCUT2D eigenvalue weighted by Crippen LogP contribution is 2.22. The van der Waals surface area contributed by atoms with E-state index in [9.17, 15) is 14.4 Å². The van der Waals surface area contributed by atoms with Crippen LogP contribution in [0.2, 0.25) is 0 Å². The molecule has 1 saturated heterocycles. The number of benzene rings is 2. The van der Waals surface area contributed by atoms with Gasteiger partial charge in [-0.1, -0.05) is 48.0 Å². The van der Waals surface area contributed by atoms with Gasteiger partial charge in [-0.15, -0.1) is 0 Å². The largest absolute Gasteiger partial charge is 0.347 e. The van der Waals surface area contributed by atoms with E-state index in [1.807, 2.05) is 63.2 Å². The molecule has 0 spiro atoms. The van der Waals surface area contributed by atoms with E-state index in [4.69, 9.17) is 0 Å². The van der Waals surface area contributed by atoms with E-state index in [2.05, 4.69) is 10.6 Å². The summed E-state index contributed by atoms with van der Waals surface area (Å²) >= 11 is 0. The van der Waals surface area contributed by atoms with Crippen LogP contribution >= 0.6 is 0 Å². The van der Waals surface area contributed by atoms with Crippen molar-refractivity contribution in [3.8, 4) is 0 Å². The summed E-state index contributed by atoms with van der Waals surface area (Å²) in [5.41, 5.74) is 4.92. The zero-order valence-electron chi connectivity index (χ0n) is 19.0. The molecule has 168 valence electrons. The van der Waals surface area contributed by atoms with E-state index in [-0.39, 0.29) is 30.2 Å². The molecule has 1 aliphatic heterocycles. The zero-order valence-corrected chi connectivity index (χ0v) is 19.0. The summed E-state index contributed by atoms with van der Waals surface area (Å²) < 4.78 is 0. The first-order valence-electron chi connectivity index (χ1n) is 11.0. The summed E-state index contributed by atoms with van der Waals surface area (Å²) in [7, 11) is 0. The van der Waals surface area contributed by atoms with Crippen molar-refractivity contribution in [1.29, 1.82) is 0 Å². The van der Waals surface area contributed by atoms with Crippen molar-refractivity contribution < 1.29 is 14.4 Å². The Labute approximate surface area is 189 Å². The predicted molar refractivity (Wildman–Crippen MR) is 127 cm³/mol. The number of hydrogen-bond donors (Lipinski definition) is 2. The van der Waals surface area contributed by atoms with Crippen LogP contribution in [0.4, 0.5) is 5.69 Å². The quantitative estimate of drug-likeness (QED) is 0.683. The lowest BCUT2D eigenvalue weighted by atomic mass is 9.96.